The molecule has 1 aromatic heterocycles. The van der Waals surface area contributed by atoms with Crippen LogP contribution in [-0.2, 0) is 24.3 Å². The second kappa shape index (κ2) is 10.6. The van der Waals surface area contributed by atoms with Gasteiger partial charge in [0.05, 0.1) is 28.1 Å². The Morgan fingerprint density at radius 2 is 1.57 bits per heavy atom. The van der Waals surface area contributed by atoms with E-state index in [1.807, 2.05) is 0 Å². The zero-order chi connectivity index (χ0) is 25.9. The van der Waals surface area contributed by atoms with Crippen molar-refractivity contribution in [2.24, 2.45) is 5.73 Å². The van der Waals surface area contributed by atoms with Gasteiger partial charge in [0.25, 0.3) is 0 Å². The van der Waals surface area contributed by atoms with Gasteiger partial charge in [-0.05, 0) is 74.9 Å². The van der Waals surface area contributed by atoms with Crippen LogP contribution in [0.15, 0.2) is 48.7 Å². The molecule has 0 unspecified atom stereocenters. The summed E-state index contributed by atoms with van der Waals surface area (Å²) in [6.07, 6.45) is -5.90. The minimum absolute atomic E-state index is 0.0232. The highest BCUT2D eigenvalue weighted by Gasteiger charge is 2.35. The summed E-state index contributed by atoms with van der Waals surface area (Å²) in [5.74, 6) is -0.285. The van der Waals surface area contributed by atoms with E-state index >= 15 is 0 Å². The molecule has 0 amide bonds. The first kappa shape index (κ1) is 27.0. The molecule has 0 radical (unpaired) electrons. The van der Waals surface area contributed by atoms with Crippen LogP contribution >= 0.6 is 11.3 Å². The summed E-state index contributed by atoms with van der Waals surface area (Å²) in [6.45, 7) is 3.56. The SMILES string of the molecule is CC(C)(N)c1ncc(-c2ccc(OCCCCCc3ccccc3C(F)(F)F)c(C(F)(F)F)c2)s1. The van der Waals surface area contributed by atoms with Crippen molar-refractivity contribution in [2.75, 3.05) is 6.61 Å². The summed E-state index contributed by atoms with van der Waals surface area (Å²) in [6, 6.07) is 9.24. The number of hydrogen-bond donors (Lipinski definition) is 1. The van der Waals surface area contributed by atoms with Gasteiger partial charge in [0, 0.05) is 6.20 Å². The van der Waals surface area contributed by atoms with E-state index in [0.717, 1.165) is 12.1 Å². The Morgan fingerprint density at radius 1 is 0.886 bits per heavy atom. The first-order chi connectivity index (χ1) is 16.3. The summed E-state index contributed by atoms with van der Waals surface area (Å²) < 4.78 is 85.7. The van der Waals surface area contributed by atoms with Crippen molar-refractivity contribution in [1.29, 1.82) is 0 Å². The van der Waals surface area contributed by atoms with Crippen molar-refractivity contribution in [3.63, 3.8) is 0 Å². The molecule has 0 atom stereocenters. The molecular weight excluding hydrogens is 490 g/mol. The third kappa shape index (κ3) is 7.20. The molecule has 3 aromatic rings. The fourth-order valence-corrected chi connectivity index (χ4v) is 4.45. The lowest BCUT2D eigenvalue weighted by molar-refractivity contribution is -0.139. The number of nitrogens with zero attached hydrogens (tertiary/aromatic N) is 1. The van der Waals surface area contributed by atoms with E-state index in [1.165, 1.54) is 35.7 Å². The summed E-state index contributed by atoms with van der Waals surface area (Å²) in [5, 5.41) is 0.610. The first-order valence-electron chi connectivity index (χ1n) is 11.0. The lowest BCUT2D eigenvalue weighted by atomic mass is 10.0. The minimum Gasteiger partial charge on any atom is -0.493 e. The first-order valence-corrected chi connectivity index (χ1v) is 11.8. The van der Waals surface area contributed by atoms with Crippen LogP contribution in [0.25, 0.3) is 10.4 Å². The van der Waals surface area contributed by atoms with Crippen LogP contribution in [0.4, 0.5) is 26.3 Å². The second-order valence-electron chi connectivity index (χ2n) is 8.77. The summed E-state index contributed by atoms with van der Waals surface area (Å²) in [5.41, 5.74) is 4.34. The highest BCUT2D eigenvalue weighted by atomic mass is 32.1. The normalized spacial score (nSPS) is 12.7. The molecular formula is C25H26F6N2OS. The quantitative estimate of drug-likeness (QED) is 0.233. The number of aromatic nitrogens is 1. The Bertz CT molecular complexity index is 1130. The number of thiazole rings is 1. The maximum atomic E-state index is 13.7. The Kier molecular flexibility index (Phi) is 8.16. The summed E-state index contributed by atoms with van der Waals surface area (Å²) >= 11 is 1.23. The van der Waals surface area contributed by atoms with Gasteiger partial charge in [-0.15, -0.1) is 11.3 Å². The molecule has 0 aliphatic heterocycles. The maximum absolute atomic E-state index is 13.7. The van der Waals surface area contributed by atoms with Gasteiger partial charge in [-0.1, -0.05) is 18.2 Å². The average Bonchev–Trinajstić information content (AvgIpc) is 3.26. The molecule has 0 fully saturated rings. The lowest BCUT2D eigenvalue weighted by Crippen LogP contribution is -2.28. The highest BCUT2D eigenvalue weighted by Crippen LogP contribution is 2.40. The Labute approximate surface area is 204 Å². The number of nitrogens with two attached hydrogens (primary N) is 1. The highest BCUT2D eigenvalue weighted by molar-refractivity contribution is 7.15. The minimum atomic E-state index is -4.62. The van der Waals surface area contributed by atoms with E-state index in [2.05, 4.69) is 4.98 Å². The van der Waals surface area contributed by atoms with E-state index in [1.54, 1.807) is 26.0 Å². The lowest BCUT2D eigenvalue weighted by Gasteiger charge is -2.16. The van der Waals surface area contributed by atoms with Crippen LogP contribution in [-0.4, -0.2) is 11.6 Å². The monoisotopic (exact) mass is 516 g/mol. The Morgan fingerprint density at radius 3 is 2.20 bits per heavy atom. The third-order valence-corrected chi connectivity index (χ3v) is 6.68. The molecule has 2 N–H and O–H groups in total. The largest absolute Gasteiger partial charge is 0.493 e. The van der Waals surface area contributed by atoms with Gasteiger partial charge in [-0.2, -0.15) is 26.3 Å². The summed E-state index contributed by atoms with van der Waals surface area (Å²) in [7, 11) is 0. The molecule has 10 heteroatoms. The molecule has 35 heavy (non-hydrogen) atoms. The molecule has 1 heterocycles. The van der Waals surface area contributed by atoms with Crippen molar-refractivity contribution in [3.05, 3.63) is 70.4 Å². The van der Waals surface area contributed by atoms with E-state index in [0.29, 0.717) is 34.7 Å². The third-order valence-electron chi connectivity index (χ3n) is 5.30. The van der Waals surface area contributed by atoms with Crippen molar-refractivity contribution in [2.45, 2.75) is 57.4 Å². The second-order valence-corrected chi connectivity index (χ2v) is 9.80. The number of rotatable bonds is 9. The van der Waals surface area contributed by atoms with E-state index in [9.17, 15) is 26.3 Å². The van der Waals surface area contributed by atoms with Gasteiger partial charge in [0.15, 0.2) is 0 Å². The zero-order valence-electron chi connectivity index (χ0n) is 19.3. The number of alkyl halides is 6. The molecule has 0 bridgehead atoms. The Balaban J connectivity index is 1.60. The van der Waals surface area contributed by atoms with E-state index in [-0.39, 0.29) is 24.3 Å². The van der Waals surface area contributed by atoms with E-state index < -0.39 is 29.0 Å². The molecule has 0 aliphatic carbocycles. The van der Waals surface area contributed by atoms with Crippen LogP contribution in [0.1, 0.15) is 54.8 Å². The predicted molar refractivity (Wildman–Crippen MR) is 124 cm³/mol. The van der Waals surface area contributed by atoms with E-state index in [4.69, 9.17) is 10.5 Å². The zero-order valence-corrected chi connectivity index (χ0v) is 20.1. The molecule has 3 nitrogen and oxygen atoms in total. The number of unbranched alkanes of at least 4 members (excludes halogenated alkanes) is 2. The van der Waals surface area contributed by atoms with Gasteiger partial charge in [0.1, 0.15) is 10.8 Å². The van der Waals surface area contributed by atoms with Crippen LogP contribution in [0, 0.1) is 0 Å². The van der Waals surface area contributed by atoms with Gasteiger partial charge < -0.3 is 10.5 Å². The van der Waals surface area contributed by atoms with Crippen LogP contribution in [0.5, 0.6) is 5.75 Å². The molecule has 0 aliphatic rings. The molecule has 0 spiro atoms. The number of ether oxygens (including phenoxy) is 1. The van der Waals surface area contributed by atoms with Crippen molar-refractivity contribution in [1.82, 2.24) is 4.98 Å². The van der Waals surface area contributed by atoms with Crippen LogP contribution in [0.3, 0.4) is 0 Å². The van der Waals surface area contributed by atoms with Crippen molar-refractivity contribution >= 4 is 11.3 Å². The standard InChI is InChI=1S/C25H26F6N2OS/c1-23(2,32)22-33-15-21(35-22)17-11-12-20(19(14-17)25(29,30)31)34-13-7-3-4-8-16-9-5-6-10-18(16)24(26,27)28/h5-6,9-12,14-15H,3-4,7-8,13,32H2,1-2H3. The Hall–Kier alpha value is -2.59. The van der Waals surface area contributed by atoms with Gasteiger partial charge in [0.2, 0.25) is 0 Å². The van der Waals surface area contributed by atoms with Crippen molar-refractivity contribution in [3.8, 4) is 16.2 Å². The fraction of sp³-hybridized carbons (Fsp3) is 0.400. The molecule has 0 saturated heterocycles. The predicted octanol–water partition coefficient (Wildman–Crippen LogP) is 7.83. The van der Waals surface area contributed by atoms with Gasteiger partial charge >= 0.3 is 12.4 Å². The van der Waals surface area contributed by atoms with Gasteiger partial charge in [-0.25, -0.2) is 4.98 Å². The van der Waals surface area contributed by atoms with Gasteiger partial charge in [-0.3, -0.25) is 0 Å². The molecule has 190 valence electrons. The molecule has 2 aromatic carbocycles. The number of benzene rings is 2. The maximum Gasteiger partial charge on any atom is 0.419 e. The molecule has 3 rings (SSSR count). The number of hydrogen-bond acceptors (Lipinski definition) is 4. The topological polar surface area (TPSA) is 48.1 Å². The number of halogens is 6. The molecule has 0 saturated carbocycles. The fourth-order valence-electron chi connectivity index (χ4n) is 3.53. The smallest absolute Gasteiger partial charge is 0.419 e. The van der Waals surface area contributed by atoms with Crippen LogP contribution in [0.2, 0.25) is 0 Å². The summed E-state index contributed by atoms with van der Waals surface area (Å²) in [4.78, 5) is 4.78. The van der Waals surface area contributed by atoms with Crippen LogP contribution < -0.4 is 10.5 Å². The number of aryl methyl sites for hydroxylation is 1. The average molecular weight is 517 g/mol. The van der Waals surface area contributed by atoms with Crippen molar-refractivity contribution < 1.29 is 31.1 Å².